The van der Waals surface area contributed by atoms with E-state index < -0.39 is 11.5 Å². The van der Waals surface area contributed by atoms with E-state index in [0.29, 0.717) is 18.7 Å². The minimum absolute atomic E-state index is 0.0865. The minimum atomic E-state index is -0.571. The van der Waals surface area contributed by atoms with Crippen molar-refractivity contribution in [2.75, 3.05) is 13.2 Å². The zero-order chi connectivity index (χ0) is 19.8. The lowest BCUT2D eigenvalue weighted by Gasteiger charge is -2.07. The van der Waals surface area contributed by atoms with E-state index in [9.17, 15) is 14.4 Å². The molecule has 0 atom stereocenters. The highest BCUT2D eigenvalue weighted by molar-refractivity contribution is 5.88. The quantitative estimate of drug-likeness (QED) is 0.530. The van der Waals surface area contributed by atoms with Crippen LogP contribution in [0.4, 0.5) is 0 Å². The molecule has 0 aliphatic heterocycles. The molecule has 28 heavy (non-hydrogen) atoms. The monoisotopic (exact) mass is 381 g/mol. The molecular formula is C20H19N3O5. The number of rotatable bonds is 5. The Balaban J connectivity index is 1.81. The first-order valence-electron chi connectivity index (χ1n) is 9.11. The molecular weight excluding hydrogens is 362 g/mol. The summed E-state index contributed by atoms with van der Waals surface area (Å²) in [5.74, 6) is -0.865. The summed E-state index contributed by atoms with van der Waals surface area (Å²) in [6.07, 6.45) is 2.20. The van der Waals surface area contributed by atoms with Crippen molar-refractivity contribution in [1.82, 2.24) is 14.4 Å². The molecule has 8 heteroatoms. The molecule has 1 aliphatic rings. The maximum absolute atomic E-state index is 12.5. The topological polar surface area (TPSA) is 103 Å². The third kappa shape index (κ3) is 2.87. The number of nitrogens with zero attached hydrogens (tertiary/aromatic N) is 2. The van der Waals surface area contributed by atoms with Crippen LogP contribution in [-0.4, -0.2) is 39.5 Å². The molecule has 0 radical (unpaired) electrons. The molecule has 0 fully saturated rings. The Morgan fingerprint density at radius 1 is 1.21 bits per heavy atom. The molecule has 0 spiro atoms. The van der Waals surface area contributed by atoms with Gasteiger partial charge >= 0.3 is 11.9 Å². The van der Waals surface area contributed by atoms with Crippen LogP contribution in [0.5, 0.6) is 0 Å². The van der Waals surface area contributed by atoms with Crippen molar-refractivity contribution in [2.24, 2.45) is 0 Å². The van der Waals surface area contributed by atoms with Crippen LogP contribution in [0.2, 0.25) is 0 Å². The largest absolute Gasteiger partial charge is 0.466 e. The maximum atomic E-state index is 12.5. The first-order chi connectivity index (χ1) is 13.5. The maximum Gasteiger partial charge on any atom is 0.358 e. The number of carbonyl (C=O) groups excluding carboxylic acids is 2. The van der Waals surface area contributed by atoms with Crippen molar-refractivity contribution in [2.45, 2.75) is 26.7 Å². The molecule has 1 aliphatic carbocycles. The highest BCUT2D eigenvalue weighted by Gasteiger charge is 2.27. The number of nitrogens with one attached hydrogen (secondary N) is 1. The number of aromatic nitrogens is 3. The van der Waals surface area contributed by atoms with Crippen LogP contribution in [0, 0.1) is 0 Å². The van der Waals surface area contributed by atoms with Gasteiger partial charge in [0.15, 0.2) is 5.69 Å². The summed E-state index contributed by atoms with van der Waals surface area (Å²) in [6.45, 7) is 4.03. The van der Waals surface area contributed by atoms with Gasteiger partial charge in [0.1, 0.15) is 0 Å². The second kappa shape index (κ2) is 6.95. The lowest BCUT2D eigenvalue weighted by Crippen LogP contribution is -2.13. The van der Waals surface area contributed by atoms with Crippen molar-refractivity contribution in [1.29, 1.82) is 0 Å². The molecule has 4 rings (SSSR count). The van der Waals surface area contributed by atoms with E-state index in [4.69, 9.17) is 9.47 Å². The number of carbonyl (C=O) groups is 2. The van der Waals surface area contributed by atoms with Gasteiger partial charge in [-0.2, -0.15) is 0 Å². The van der Waals surface area contributed by atoms with Crippen LogP contribution in [0.25, 0.3) is 16.9 Å². The van der Waals surface area contributed by atoms with Gasteiger partial charge in [-0.3, -0.25) is 14.0 Å². The molecule has 3 aromatic rings. The fourth-order valence-corrected chi connectivity index (χ4v) is 3.59. The first kappa shape index (κ1) is 18.0. The van der Waals surface area contributed by atoms with E-state index in [1.165, 1.54) is 6.20 Å². The molecule has 0 saturated heterocycles. The summed E-state index contributed by atoms with van der Waals surface area (Å²) in [6, 6.07) is 5.64. The smallest absolute Gasteiger partial charge is 0.358 e. The lowest BCUT2D eigenvalue weighted by molar-refractivity contribution is -0.142. The first-order valence-corrected chi connectivity index (χ1v) is 9.11. The molecule has 1 N–H and O–H groups in total. The summed E-state index contributed by atoms with van der Waals surface area (Å²) in [5.41, 5.74) is 3.99. The molecule has 1 aromatic carbocycles. The molecule has 0 unspecified atom stereocenters. The molecule has 0 bridgehead atoms. The van der Waals surface area contributed by atoms with E-state index >= 15 is 0 Å². The highest BCUT2D eigenvalue weighted by atomic mass is 16.5. The van der Waals surface area contributed by atoms with Crippen molar-refractivity contribution >= 4 is 17.6 Å². The van der Waals surface area contributed by atoms with Gasteiger partial charge < -0.3 is 14.5 Å². The molecule has 2 heterocycles. The van der Waals surface area contributed by atoms with Crippen molar-refractivity contribution < 1.29 is 19.1 Å². The fraction of sp³-hybridized carbons (Fsp3) is 0.300. The average molecular weight is 381 g/mol. The second-order valence-electron chi connectivity index (χ2n) is 6.42. The van der Waals surface area contributed by atoms with Gasteiger partial charge in [-0.05, 0) is 25.0 Å². The Morgan fingerprint density at radius 2 is 2.00 bits per heavy atom. The van der Waals surface area contributed by atoms with E-state index in [0.717, 1.165) is 22.4 Å². The summed E-state index contributed by atoms with van der Waals surface area (Å²) in [5, 5.41) is 0. The summed E-state index contributed by atoms with van der Waals surface area (Å²) in [7, 11) is 0. The Kier molecular flexibility index (Phi) is 4.46. The van der Waals surface area contributed by atoms with E-state index in [1.54, 1.807) is 18.2 Å². The second-order valence-corrected chi connectivity index (χ2v) is 6.42. The predicted molar refractivity (Wildman–Crippen MR) is 100 cm³/mol. The van der Waals surface area contributed by atoms with E-state index in [-0.39, 0.29) is 30.3 Å². The number of benzene rings is 1. The molecule has 0 saturated carbocycles. The Bertz CT molecular complexity index is 1160. The van der Waals surface area contributed by atoms with Crippen LogP contribution < -0.4 is 5.56 Å². The minimum Gasteiger partial charge on any atom is -0.466 e. The number of fused-ring (bicyclic) bond motifs is 5. The number of aromatic amines is 1. The van der Waals surface area contributed by atoms with Gasteiger partial charge in [0, 0.05) is 18.2 Å². The lowest BCUT2D eigenvalue weighted by atomic mass is 10.0. The summed E-state index contributed by atoms with van der Waals surface area (Å²) in [4.78, 5) is 43.5. The Labute approximate surface area is 160 Å². The van der Waals surface area contributed by atoms with Gasteiger partial charge in [-0.1, -0.05) is 18.2 Å². The van der Waals surface area contributed by atoms with Crippen LogP contribution in [0.3, 0.4) is 0 Å². The van der Waals surface area contributed by atoms with Gasteiger partial charge in [-0.15, -0.1) is 0 Å². The average Bonchev–Trinajstić information content (AvgIpc) is 3.25. The van der Waals surface area contributed by atoms with Gasteiger partial charge in [0.05, 0.1) is 31.0 Å². The van der Waals surface area contributed by atoms with Crippen LogP contribution in [-0.2, 0) is 27.1 Å². The standard InChI is InChI=1S/C20H19N3O5/c1-3-27-16(24)8-11-6-5-7-12-13(11)9-15-17(12)22-19(25)18-21-14(10-23(15)18)20(26)28-4-2/h5-7,10H,3-4,8-9H2,1-2H3,(H,22,25). The SMILES string of the molecule is CCOC(=O)Cc1cccc2c1Cc1c-2[nH]c(=O)c2nc(C(=O)OCC)cn12. The number of hydrogen-bond acceptors (Lipinski definition) is 6. The third-order valence-corrected chi connectivity index (χ3v) is 4.74. The van der Waals surface area contributed by atoms with Crippen molar-refractivity contribution in [3.8, 4) is 11.3 Å². The van der Waals surface area contributed by atoms with Crippen molar-refractivity contribution in [3.63, 3.8) is 0 Å². The number of esters is 2. The number of hydrogen-bond donors (Lipinski definition) is 1. The third-order valence-electron chi connectivity index (χ3n) is 4.74. The molecule has 2 aromatic heterocycles. The van der Waals surface area contributed by atoms with Gasteiger partial charge in [0.25, 0.3) is 5.56 Å². The molecule has 0 amide bonds. The molecule has 8 nitrogen and oxygen atoms in total. The number of imidazole rings is 1. The van der Waals surface area contributed by atoms with Gasteiger partial charge in [0.2, 0.25) is 5.65 Å². The zero-order valence-corrected chi connectivity index (χ0v) is 15.6. The molecule has 144 valence electrons. The summed E-state index contributed by atoms with van der Waals surface area (Å²) >= 11 is 0. The number of ether oxygens (including phenoxy) is 2. The van der Waals surface area contributed by atoms with E-state index in [2.05, 4.69) is 9.97 Å². The summed E-state index contributed by atoms with van der Waals surface area (Å²) < 4.78 is 11.7. The fourth-order valence-electron chi connectivity index (χ4n) is 3.59. The Morgan fingerprint density at radius 3 is 2.75 bits per heavy atom. The predicted octanol–water partition coefficient (Wildman–Crippen LogP) is 1.88. The highest BCUT2D eigenvalue weighted by Crippen LogP contribution is 2.36. The van der Waals surface area contributed by atoms with Crippen LogP contribution in [0.15, 0.2) is 29.2 Å². The van der Waals surface area contributed by atoms with E-state index in [1.807, 2.05) is 18.2 Å². The number of H-pyrrole nitrogens is 1. The van der Waals surface area contributed by atoms with Crippen LogP contribution >= 0.6 is 0 Å². The zero-order valence-electron chi connectivity index (χ0n) is 15.6. The normalized spacial score (nSPS) is 11.9. The van der Waals surface area contributed by atoms with Crippen molar-refractivity contribution in [3.05, 3.63) is 57.3 Å². The Hall–Kier alpha value is -3.42. The van der Waals surface area contributed by atoms with Gasteiger partial charge in [-0.25, -0.2) is 9.78 Å². The van der Waals surface area contributed by atoms with Crippen LogP contribution in [0.1, 0.15) is 41.2 Å².